The summed E-state index contributed by atoms with van der Waals surface area (Å²) in [5.74, 6) is -0.319. The Balaban J connectivity index is 1.62. The SMILES string of the molecule is Cc1cc(/C=C2\SC(=O)N(Cc3ccc(Cl)cc3Cl)C2=O)c(C)n1-c1ccc(I)cc1. The maximum atomic E-state index is 13.0. The zero-order chi connectivity index (χ0) is 22.3. The standard InChI is InChI=1S/C23H17Cl2IN2O2S/c1-13-9-16(14(2)28(13)19-7-5-18(26)6-8-19)10-21-22(29)27(23(30)31-21)12-15-3-4-17(24)11-20(15)25/h3-11H,12H2,1-2H3/b21-10-. The van der Waals surface area contributed by atoms with Gasteiger partial charge in [0.25, 0.3) is 11.1 Å². The predicted octanol–water partition coefficient (Wildman–Crippen LogP) is 7.24. The first-order chi connectivity index (χ1) is 14.7. The van der Waals surface area contributed by atoms with Crippen LogP contribution in [0.25, 0.3) is 11.8 Å². The third-order valence-corrected chi connectivity index (χ3v) is 7.27. The normalized spacial score (nSPS) is 15.4. The van der Waals surface area contributed by atoms with E-state index in [1.807, 2.05) is 19.9 Å². The number of aryl methyl sites for hydroxylation is 1. The second kappa shape index (κ2) is 9.02. The predicted molar refractivity (Wildman–Crippen MR) is 136 cm³/mol. The minimum Gasteiger partial charge on any atom is -0.318 e. The molecular weight excluding hydrogens is 566 g/mol. The van der Waals surface area contributed by atoms with E-state index >= 15 is 0 Å². The van der Waals surface area contributed by atoms with Gasteiger partial charge in [-0.05, 0) is 108 Å². The minimum atomic E-state index is -0.319. The summed E-state index contributed by atoms with van der Waals surface area (Å²) >= 11 is 15.4. The van der Waals surface area contributed by atoms with Crippen molar-refractivity contribution in [3.05, 3.63) is 89.6 Å². The van der Waals surface area contributed by atoms with E-state index in [1.165, 1.54) is 8.47 Å². The van der Waals surface area contributed by atoms with Crippen molar-refractivity contribution >= 4 is 74.8 Å². The number of aromatic nitrogens is 1. The van der Waals surface area contributed by atoms with Gasteiger partial charge in [-0.1, -0.05) is 29.3 Å². The van der Waals surface area contributed by atoms with Crippen LogP contribution in [0.1, 0.15) is 22.5 Å². The van der Waals surface area contributed by atoms with Gasteiger partial charge in [0.05, 0.1) is 11.4 Å². The maximum absolute atomic E-state index is 13.0. The van der Waals surface area contributed by atoms with Gasteiger partial charge in [0.15, 0.2) is 0 Å². The minimum absolute atomic E-state index is 0.111. The molecule has 0 radical (unpaired) electrons. The molecule has 0 aliphatic carbocycles. The van der Waals surface area contributed by atoms with Crippen LogP contribution in [0.4, 0.5) is 4.79 Å². The number of nitrogens with zero attached hydrogens (tertiary/aromatic N) is 2. The number of carbonyl (C=O) groups excluding carboxylic acids is 2. The smallest absolute Gasteiger partial charge is 0.293 e. The van der Waals surface area contributed by atoms with Crippen LogP contribution >= 0.6 is 57.6 Å². The van der Waals surface area contributed by atoms with Crippen LogP contribution in [0.3, 0.4) is 0 Å². The Morgan fingerprint density at radius 3 is 2.42 bits per heavy atom. The topological polar surface area (TPSA) is 42.3 Å². The molecular formula is C23H17Cl2IN2O2S. The van der Waals surface area contributed by atoms with Crippen molar-refractivity contribution in [1.82, 2.24) is 9.47 Å². The zero-order valence-electron chi connectivity index (χ0n) is 16.7. The number of imide groups is 1. The lowest BCUT2D eigenvalue weighted by molar-refractivity contribution is -0.123. The first-order valence-corrected chi connectivity index (χ1v) is 12.0. The Morgan fingerprint density at radius 1 is 1.03 bits per heavy atom. The molecule has 2 heterocycles. The van der Waals surface area contributed by atoms with Crippen molar-refractivity contribution in [2.45, 2.75) is 20.4 Å². The van der Waals surface area contributed by atoms with Crippen molar-refractivity contribution in [3.63, 3.8) is 0 Å². The number of carbonyl (C=O) groups is 2. The van der Waals surface area contributed by atoms with E-state index in [1.54, 1.807) is 24.3 Å². The van der Waals surface area contributed by atoms with Gasteiger partial charge in [-0.25, -0.2) is 0 Å². The van der Waals surface area contributed by atoms with Gasteiger partial charge in [0, 0.05) is 30.7 Å². The van der Waals surface area contributed by atoms with Crippen molar-refractivity contribution in [2.24, 2.45) is 0 Å². The Morgan fingerprint density at radius 2 is 1.74 bits per heavy atom. The van der Waals surface area contributed by atoms with E-state index in [0.717, 1.165) is 34.4 Å². The molecule has 31 heavy (non-hydrogen) atoms. The number of hydrogen-bond acceptors (Lipinski definition) is 3. The Hall–Kier alpha value is -1.74. The number of halogens is 3. The quantitative estimate of drug-likeness (QED) is 0.240. The van der Waals surface area contributed by atoms with E-state index in [-0.39, 0.29) is 17.7 Å². The second-order valence-electron chi connectivity index (χ2n) is 7.14. The van der Waals surface area contributed by atoms with E-state index in [0.29, 0.717) is 20.5 Å². The van der Waals surface area contributed by atoms with Gasteiger partial charge < -0.3 is 4.57 Å². The third-order valence-electron chi connectivity index (χ3n) is 5.06. The Kier molecular flexibility index (Phi) is 6.53. The Labute approximate surface area is 208 Å². The molecule has 158 valence electrons. The molecule has 8 heteroatoms. The van der Waals surface area contributed by atoms with Crippen LogP contribution in [0, 0.1) is 17.4 Å². The number of amides is 2. The highest BCUT2D eigenvalue weighted by molar-refractivity contribution is 14.1. The van der Waals surface area contributed by atoms with Crippen LogP contribution in [-0.2, 0) is 11.3 Å². The van der Waals surface area contributed by atoms with Crippen molar-refractivity contribution in [2.75, 3.05) is 0 Å². The molecule has 0 unspecified atom stereocenters. The highest BCUT2D eigenvalue weighted by Crippen LogP contribution is 2.35. The summed E-state index contributed by atoms with van der Waals surface area (Å²) in [4.78, 5) is 27.1. The number of benzene rings is 2. The highest BCUT2D eigenvalue weighted by Gasteiger charge is 2.35. The summed E-state index contributed by atoms with van der Waals surface area (Å²) in [5.41, 5.74) is 4.70. The van der Waals surface area contributed by atoms with Crippen LogP contribution in [0.5, 0.6) is 0 Å². The molecule has 2 amide bonds. The summed E-state index contributed by atoms with van der Waals surface area (Å²) in [5, 5.41) is 0.622. The fourth-order valence-electron chi connectivity index (χ4n) is 3.52. The molecule has 0 saturated carbocycles. The fraction of sp³-hybridized carbons (Fsp3) is 0.130. The molecule has 1 aromatic heterocycles. The van der Waals surface area contributed by atoms with Gasteiger partial charge >= 0.3 is 0 Å². The first kappa shape index (κ1) is 22.5. The number of thioether (sulfide) groups is 1. The number of rotatable bonds is 4. The Bertz CT molecular complexity index is 1240. The van der Waals surface area contributed by atoms with E-state index in [9.17, 15) is 9.59 Å². The van der Waals surface area contributed by atoms with Crippen molar-refractivity contribution in [1.29, 1.82) is 0 Å². The van der Waals surface area contributed by atoms with Crippen molar-refractivity contribution in [3.8, 4) is 5.69 Å². The average molecular weight is 583 g/mol. The lowest BCUT2D eigenvalue weighted by Gasteiger charge is -2.13. The average Bonchev–Trinajstić information content (AvgIpc) is 3.14. The van der Waals surface area contributed by atoms with E-state index < -0.39 is 0 Å². The van der Waals surface area contributed by atoms with Gasteiger partial charge in [-0.3, -0.25) is 14.5 Å². The fourth-order valence-corrected chi connectivity index (χ4v) is 5.18. The van der Waals surface area contributed by atoms with E-state index in [4.69, 9.17) is 23.2 Å². The molecule has 4 rings (SSSR count). The molecule has 1 aliphatic rings. The van der Waals surface area contributed by atoms with Crippen LogP contribution < -0.4 is 0 Å². The maximum Gasteiger partial charge on any atom is 0.293 e. The van der Waals surface area contributed by atoms with Crippen molar-refractivity contribution < 1.29 is 9.59 Å². The summed E-state index contributed by atoms with van der Waals surface area (Å²) in [6.07, 6.45) is 1.79. The summed E-state index contributed by atoms with van der Waals surface area (Å²) in [7, 11) is 0. The molecule has 0 N–H and O–H groups in total. The van der Waals surface area contributed by atoms with Crippen LogP contribution in [0.15, 0.2) is 53.4 Å². The molecule has 0 atom stereocenters. The van der Waals surface area contributed by atoms with Gasteiger partial charge in [-0.15, -0.1) is 0 Å². The lowest BCUT2D eigenvalue weighted by atomic mass is 10.2. The molecule has 2 aromatic carbocycles. The molecule has 1 fully saturated rings. The van der Waals surface area contributed by atoms with Crippen LogP contribution in [-0.4, -0.2) is 20.6 Å². The lowest BCUT2D eigenvalue weighted by Crippen LogP contribution is -2.27. The molecule has 1 aliphatic heterocycles. The molecule has 0 bridgehead atoms. The zero-order valence-corrected chi connectivity index (χ0v) is 21.1. The molecule has 3 aromatic rings. The first-order valence-electron chi connectivity index (χ1n) is 9.39. The largest absolute Gasteiger partial charge is 0.318 e. The summed E-state index contributed by atoms with van der Waals surface area (Å²) in [6, 6.07) is 15.3. The van der Waals surface area contributed by atoms with Crippen LogP contribution in [0.2, 0.25) is 10.0 Å². The molecule has 0 spiro atoms. The summed E-state index contributed by atoms with van der Waals surface area (Å²) < 4.78 is 3.30. The molecule has 1 saturated heterocycles. The van der Waals surface area contributed by atoms with E-state index in [2.05, 4.69) is 51.4 Å². The van der Waals surface area contributed by atoms with Gasteiger partial charge in [0.2, 0.25) is 0 Å². The number of hydrogen-bond donors (Lipinski definition) is 0. The van der Waals surface area contributed by atoms with Gasteiger partial charge in [-0.2, -0.15) is 0 Å². The van der Waals surface area contributed by atoms with Gasteiger partial charge in [0.1, 0.15) is 0 Å². The molecule has 4 nitrogen and oxygen atoms in total. The highest BCUT2D eigenvalue weighted by atomic mass is 127. The third kappa shape index (κ3) is 4.58. The summed E-state index contributed by atoms with van der Waals surface area (Å²) in [6.45, 7) is 4.14. The second-order valence-corrected chi connectivity index (χ2v) is 10.2. The monoisotopic (exact) mass is 582 g/mol.